The lowest BCUT2D eigenvalue weighted by molar-refractivity contribution is -0.125. The van der Waals surface area contributed by atoms with Crippen molar-refractivity contribution in [1.82, 2.24) is 4.90 Å². The highest BCUT2D eigenvalue weighted by atomic mass is 16.3. The molecule has 0 bridgehead atoms. The van der Waals surface area contributed by atoms with Crippen LogP contribution in [0.4, 0.5) is 0 Å². The molecule has 0 aliphatic carbocycles. The number of hydrogen-bond acceptors (Lipinski definition) is 2. The standard InChI is InChI=1S/C17H21NO2/c1-3-5-12-18(4-2)17(19)11-10-15-13-14-8-6-7-9-16(14)20-15/h6-11,13H,3-5,12H2,1-2H3/b11-10+. The highest BCUT2D eigenvalue weighted by Crippen LogP contribution is 2.19. The lowest BCUT2D eigenvalue weighted by atomic mass is 10.2. The third kappa shape index (κ3) is 3.50. The van der Waals surface area contributed by atoms with Gasteiger partial charge < -0.3 is 9.32 Å². The van der Waals surface area contributed by atoms with Crippen LogP contribution in [0.1, 0.15) is 32.4 Å². The fourth-order valence-electron chi connectivity index (χ4n) is 2.12. The van der Waals surface area contributed by atoms with Crippen molar-refractivity contribution >= 4 is 23.0 Å². The third-order valence-electron chi connectivity index (χ3n) is 3.31. The molecule has 0 unspecified atom stereocenters. The maximum atomic E-state index is 12.1. The third-order valence-corrected chi connectivity index (χ3v) is 3.31. The lowest BCUT2D eigenvalue weighted by Crippen LogP contribution is -2.30. The average molecular weight is 271 g/mol. The highest BCUT2D eigenvalue weighted by molar-refractivity contribution is 5.92. The van der Waals surface area contributed by atoms with Gasteiger partial charge in [-0.3, -0.25) is 4.79 Å². The molecule has 3 nitrogen and oxygen atoms in total. The minimum Gasteiger partial charge on any atom is -0.457 e. The zero-order valence-corrected chi connectivity index (χ0v) is 12.1. The number of nitrogens with zero attached hydrogens (tertiary/aromatic N) is 1. The minimum absolute atomic E-state index is 0.0430. The molecule has 20 heavy (non-hydrogen) atoms. The SMILES string of the molecule is CCCCN(CC)C(=O)/C=C/c1cc2ccccc2o1. The summed E-state index contributed by atoms with van der Waals surface area (Å²) < 4.78 is 5.66. The smallest absolute Gasteiger partial charge is 0.246 e. The Bertz CT molecular complexity index is 565. The molecule has 0 aliphatic heterocycles. The van der Waals surface area contributed by atoms with Gasteiger partial charge in [0, 0.05) is 24.6 Å². The predicted octanol–water partition coefficient (Wildman–Crippen LogP) is 4.09. The van der Waals surface area contributed by atoms with Crippen molar-refractivity contribution in [2.24, 2.45) is 0 Å². The zero-order chi connectivity index (χ0) is 14.4. The van der Waals surface area contributed by atoms with Gasteiger partial charge in [-0.15, -0.1) is 0 Å². The number of furan rings is 1. The molecule has 0 N–H and O–H groups in total. The normalized spacial score (nSPS) is 11.3. The Hall–Kier alpha value is -2.03. The van der Waals surface area contributed by atoms with Crippen LogP contribution in [-0.4, -0.2) is 23.9 Å². The number of benzene rings is 1. The number of fused-ring (bicyclic) bond motifs is 1. The van der Waals surface area contributed by atoms with E-state index in [9.17, 15) is 4.79 Å². The second kappa shape index (κ2) is 6.94. The van der Waals surface area contributed by atoms with Gasteiger partial charge in [0.1, 0.15) is 11.3 Å². The quantitative estimate of drug-likeness (QED) is 0.741. The monoisotopic (exact) mass is 271 g/mol. The summed E-state index contributed by atoms with van der Waals surface area (Å²) in [4.78, 5) is 13.9. The largest absolute Gasteiger partial charge is 0.457 e. The van der Waals surface area contributed by atoms with Crippen molar-refractivity contribution in [3.63, 3.8) is 0 Å². The Labute approximate surface area is 119 Å². The van der Waals surface area contributed by atoms with E-state index in [1.807, 2.05) is 42.2 Å². The van der Waals surface area contributed by atoms with Gasteiger partial charge in [0.15, 0.2) is 0 Å². The van der Waals surface area contributed by atoms with E-state index in [0.29, 0.717) is 5.76 Å². The number of para-hydroxylation sites is 1. The van der Waals surface area contributed by atoms with E-state index >= 15 is 0 Å². The first-order valence-electron chi connectivity index (χ1n) is 7.20. The summed E-state index contributed by atoms with van der Waals surface area (Å²) in [5, 5.41) is 1.05. The van der Waals surface area contributed by atoms with E-state index in [4.69, 9.17) is 4.42 Å². The molecule has 0 aliphatic rings. The van der Waals surface area contributed by atoms with Crippen LogP contribution in [0.5, 0.6) is 0 Å². The molecular formula is C17H21NO2. The fourth-order valence-corrected chi connectivity index (χ4v) is 2.12. The molecule has 0 spiro atoms. The first kappa shape index (κ1) is 14.4. The first-order chi connectivity index (χ1) is 9.74. The van der Waals surface area contributed by atoms with E-state index in [0.717, 1.165) is 36.9 Å². The van der Waals surface area contributed by atoms with Crippen molar-refractivity contribution in [3.05, 3.63) is 42.2 Å². The van der Waals surface area contributed by atoms with E-state index < -0.39 is 0 Å². The fraction of sp³-hybridized carbons (Fsp3) is 0.353. The maximum Gasteiger partial charge on any atom is 0.246 e. The van der Waals surface area contributed by atoms with Crippen LogP contribution < -0.4 is 0 Å². The summed E-state index contributed by atoms with van der Waals surface area (Å²) in [6, 6.07) is 9.78. The number of likely N-dealkylation sites (N-methyl/N-ethyl adjacent to an activating group) is 1. The van der Waals surface area contributed by atoms with Crippen LogP contribution in [0.15, 0.2) is 40.8 Å². The maximum absolute atomic E-state index is 12.1. The number of hydrogen-bond donors (Lipinski definition) is 0. The molecule has 0 atom stereocenters. The van der Waals surface area contributed by atoms with Crippen molar-refractivity contribution in [1.29, 1.82) is 0 Å². The van der Waals surface area contributed by atoms with Gasteiger partial charge in [-0.05, 0) is 31.6 Å². The summed E-state index contributed by atoms with van der Waals surface area (Å²) in [6.07, 6.45) is 5.48. The highest BCUT2D eigenvalue weighted by Gasteiger charge is 2.07. The van der Waals surface area contributed by atoms with E-state index in [1.165, 1.54) is 0 Å². The van der Waals surface area contributed by atoms with E-state index in [-0.39, 0.29) is 5.91 Å². The molecule has 2 aromatic rings. The van der Waals surface area contributed by atoms with Gasteiger partial charge in [0.25, 0.3) is 0 Å². The Kier molecular flexibility index (Phi) is 4.99. The van der Waals surface area contributed by atoms with Gasteiger partial charge in [0.2, 0.25) is 5.91 Å². The summed E-state index contributed by atoms with van der Waals surface area (Å²) in [5.41, 5.74) is 0.845. The first-order valence-corrected chi connectivity index (χ1v) is 7.20. The molecule has 106 valence electrons. The predicted molar refractivity (Wildman–Crippen MR) is 82.4 cm³/mol. The number of carbonyl (C=O) groups is 1. The molecule has 1 aromatic carbocycles. The molecule has 1 heterocycles. The number of carbonyl (C=O) groups excluding carboxylic acids is 1. The second-order valence-corrected chi connectivity index (χ2v) is 4.79. The summed E-state index contributed by atoms with van der Waals surface area (Å²) in [7, 11) is 0. The number of unbranched alkanes of at least 4 members (excludes halogenated alkanes) is 1. The van der Waals surface area contributed by atoms with Crippen molar-refractivity contribution in [2.45, 2.75) is 26.7 Å². The van der Waals surface area contributed by atoms with Gasteiger partial charge in [-0.2, -0.15) is 0 Å². The van der Waals surface area contributed by atoms with Gasteiger partial charge >= 0.3 is 0 Å². The minimum atomic E-state index is 0.0430. The van der Waals surface area contributed by atoms with Gasteiger partial charge in [-0.25, -0.2) is 0 Å². The Morgan fingerprint density at radius 1 is 1.30 bits per heavy atom. The molecule has 0 fully saturated rings. The molecule has 1 aromatic heterocycles. The summed E-state index contributed by atoms with van der Waals surface area (Å²) >= 11 is 0. The van der Waals surface area contributed by atoms with Crippen LogP contribution >= 0.6 is 0 Å². The van der Waals surface area contributed by atoms with Crippen LogP contribution in [0.3, 0.4) is 0 Å². The van der Waals surface area contributed by atoms with Crippen LogP contribution in [0.2, 0.25) is 0 Å². The van der Waals surface area contributed by atoms with Crippen molar-refractivity contribution in [3.8, 4) is 0 Å². The molecule has 3 heteroatoms. The van der Waals surface area contributed by atoms with Crippen molar-refractivity contribution in [2.75, 3.05) is 13.1 Å². The Balaban J connectivity index is 2.05. The van der Waals surface area contributed by atoms with Crippen LogP contribution in [0.25, 0.3) is 17.0 Å². The number of amides is 1. The van der Waals surface area contributed by atoms with Crippen LogP contribution in [0, 0.1) is 0 Å². The zero-order valence-electron chi connectivity index (χ0n) is 12.1. The molecule has 0 radical (unpaired) electrons. The van der Waals surface area contributed by atoms with Gasteiger partial charge in [0.05, 0.1) is 0 Å². The van der Waals surface area contributed by atoms with Crippen molar-refractivity contribution < 1.29 is 9.21 Å². The van der Waals surface area contributed by atoms with Crippen LogP contribution in [-0.2, 0) is 4.79 Å². The Morgan fingerprint density at radius 3 is 2.80 bits per heavy atom. The number of rotatable bonds is 6. The lowest BCUT2D eigenvalue weighted by Gasteiger charge is -2.18. The van der Waals surface area contributed by atoms with E-state index in [2.05, 4.69) is 6.92 Å². The molecule has 0 saturated carbocycles. The average Bonchev–Trinajstić information content (AvgIpc) is 2.88. The summed E-state index contributed by atoms with van der Waals surface area (Å²) in [6.45, 7) is 5.69. The summed E-state index contributed by atoms with van der Waals surface area (Å²) in [5.74, 6) is 0.757. The molecule has 1 amide bonds. The van der Waals surface area contributed by atoms with Gasteiger partial charge in [-0.1, -0.05) is 31.5 Å². The molecule has 2 rings (SSSR count). The Morgan fingerprint density at radius 2 is 2.10 bits per heavy atom. The van der Waals surface area contributed by atoms with E-state index in [1.54, 1.807) is 12.2 Å². The topological polar surface area (TPSA) is 33.5 Å². The molecular weight excluding hydrogens is 250 g/mol. The second-order valence-electron chi connectivity index (χ2n) is 4.79. The molecule has 0 saturated heterocycles.